The number of aromatic nitrogens is 1. The lowest BCUT2D eigenvalue weighted by Crippen LogP contribution is -2.39. The van der Waals surface area contributed by atoms with E-state index in [1.165, 1.54) is 0 Å². The minimum absolute atomic E-state index is 0. The van der Waals surface area contributed by atoms with Gasteiger partial charge in [-0.25, -0.2) is 9.98 Å². The summed E-state index contributed by atoms with van der Waals surface area (Å²) in [7, 11) is 6.07. The first kappa shape index (κ1) is 21.2. The van der Waals surface area contributed by atoms with Crippen molar-refractivity contribution in [3.63, 3.8) is 0 Å². The van der Waals surface area contributed by atoms with Crippen LogP contribution in [0.15, 0.2) is 23.0 Å². The molecule has 1 heterocycles. The summed E-state index contributed by atoms with van der Waals surface area (Å²) in [6.45, 7) is 8.28. The highest BCUT2D eigenvalue weighted by Crippen LogP contribution is 2.18. The number of halogens is 1. The van der Waals surface area contributed by atoms with E-state index in [0.29, 0.717) is 6.54 Å². The highest BCUT2D eigenvalue weighted by Gasteiger charge is 2.07. The predicted molar refractivity (Wildman–Crippen MR) is 109 cm³/mol. The van der Waals surface area contributed by atoms with Gasteiger partial charge < -0.3 is 15.1 Å². The van der Waals surface area contributed by atoms with Crippen LogP contribution >= 0.6 is 35.3 Å². The molecule has 1 aromatic rings. The van der Waals surface area contributed by atoms with Gasteiger partial charge in [-0.05, 0) is 19.8 Å². The maximum atomic E-state index is 4.67. The number of anilines is 1. The molecule has 0 fully saturated rings. The molecule has 1 aromatic heterocycles. The summed E-state index contributed by atoms with van der Waals surface area (Å²) in [5.41, 5.74) is 1.01. The van der Waals surface area contributed by atoms with Crippen LogP contribution in [0.2, 0.25) is 0 Å². The molecule has 0 amide bonds. The quantitative estimate of drug-likeness (QED) is 0.223. The molecule has 1 rings (SSSR count). The highest BCUT2D eigenvalue weighted by atomic mass is 127. The molecule has 0 aliphatic rings. The van der Waals surface area contributed by atoms with E-state index >= 15 is 0 Å². The third kappa shape index (κ3) is 7.44. The van der Waals surface area contributed by atoms with Crippen LogP contribution in [0.25, 0.3) is 0 Å². The van der Waals surface area contributed by atoms with Gasteiger partial charge in [-0.2, -0.15) is 0 Å². The van der Waals surface area contributed by atoms with Crippen LogP contribution in [-0.4, -0.2) is 50.1 Å². The van der Waals surface area contributed by atoms with Gasteiger partial charge in [-0.1, -0.05) is 6.08 Å². The van der Waals surface area contributed by atoms with E-state index in [1.807, 2.05) is 25.1 Å². The Morgan fingerprint density at radius 2 is 2.18 bits per heavy atom. The number of rotatable bonds is 8. The first-order valence-corrected chi connectivity index (χ1v) is 8.18. The average molecular weight is 437 g/mol. The normalized spacial score (nSPS) is 10.8. The number of thiazole rings is 1. The van der Waals surface area contributed by atoms with Crippen molar-refractivity contribution in [2.75, 3.05) is 39.1 Å². The zero-order valence-corrected chi connectivity index (χ0v) is 17.1. The third-order valence-corrected chi connectivity index (χ3v) is 3.97. The van der Waals surface area contributed by atoms with Gasteiger partial charge in [0.25, 0.3) is 0 Å². The zero-order valence-electron chi connectivity index (χ0n) is 14.0. The second kappa shape index (κ2) is 11.7. The minimum atomic E-state index is 0. The number of allylic oxidation sites excluding steroid dienone is 1. The highest BCUT2D eigenvalue weighted by molar-refractivity contribution is 14.0. The van der Waals surface area contributed by atoms with Crippen LogP contribution in [-0.2, 0) is 6.54 Å². The van der Waals surface area contributed by atoms with Crippen molar-refractivity contribution in [1.29, 1.82) is 0 Å². The lowest BCUT2D eigenvalue weighted by molar-refractivity contribution is 0.470. The Bertz CT molecular complexity index is 459. The molecule has 0 bridgehead atoms. The summed E-state index contributed by atoms with van der Waals surface area (Å²) in [5.74, 6) is 0.931. The van der Waals surface area contributed by atoms with E-state index in [2.05, 4.69) is 46.1 Å². The van der Waals surface area contributed by atoms with E-state index < -0.39 is 0 Å². The zero-order chi connectivity index (χ0) is 15.7. The Balaban J connectivity index is 0.00000441. The molecule has 0 aliphatic carbocycles. The topological polar surface area (TPSA) is 43.8 Å². The molecule has 0 spiro atoms. The van der Waals surface area contributed by atoms with Crippen molar-refractivity contribution >= 4 is 46.4 Å². The van der Waals surface area contributed by atoms with Crippen LogP contribution in [0, 0.1) is 0 Å². The molecule has 0 aromatic carbocycles. The SMILES string of the molecule is C=CCCCN(C)C(=NCc1csc(N(C)C)n1)NCC.I. The lowest BCUT2D eigenvalue weighted by atomic mass is 10.3. The fraction of sp³-hybridized carbons (Fsp3) is 0.600. The Labute approximate surface area is 155 Å². The minimum Gasteiger partial charge on any atom is -0.357 e. The summed E-state index contributed by atoms with van der Waals surface area (Å²) in [4.78, 5) is 13.4. The third-order valence-electron chi connectivity index (χ3n) is 2.91. The van der Waals surface area contributed by atoms with Crippen molar-refractivity contribution in [2.45, 2.75) is 26.3 Å². The van der Waals surface area contributed by atoms with E-state index in [1.54, 1.807) is 11.3 Å². The monoisotopic (exact) mass is 437 g/mol. The molecule has 0 aliphatic heterocycles. The van der Waals surface area contributed by atoms with Crippen LogP contribution < -0.4 is 10.2 Å². The fourth-order valence-electron chi connectivity index (χ4n) is 1.78. The summed E-state index contributed by atoms with van der Waals surface area (Å²) < 4.78 is 0. The molecular formula is C15H28IN5S. The molecular weight excluding hydrogens is 409 g/mol. The molecule has 7 heteroatoms. The van der Waals surface area contributed by atoms with E-state index in [0.717, 1.165) is 42.7 Å². The van der Waals surface area contributed by atoms with Crippen molar-refractivity contribution in [2.24, 2.45) is 4.99 Å². The molecule has 5 nitrogen and oxygen atoms in total. The molecule has 0 radical (unpaired) electrons. The maximum absolute atomic E-state index is 4.67. The van der Waals surface area contributed by atoms with Crippen LogP contribution in [0.1, 0.15) is 25.5 Å². The number of hydrogen-bond acceptors (Lipinski definition) is 4. The summed E-state index contributed by atoms with van der Waals surface area (Å²) in [6.07, 6.45) is 4.07. The van der Waals surface area contributed by atoms with Gasteiger partial charge in [0, 0.05) is 39.6 Å². The van der Waals surface area contributed by atoms with Gasteiger partial charge in [0.15, 0.2) is 11.1 Å². The van der Waals surface area contributed by atoms with E-state index in [9.17, 15) is 0 Å². The molecule has 22 heavy (non-hydrogen) atoms. The van der Waals surface area contributed by atoms with Crippen LogP contribution in [0.5, 0.6) is 0 Å². The Kier molecular flexibility index (Phi) is 11.3. The molecule has 0 unspecified atom stereocenters. The number of nitrogens with one attached hydrogen (secondary N) is 1. The number of aliphatic imine (C=N–C) groups is 1. The first-order valence-electron chi connectivity index (χ1n) is 7.30. The van der Waals surface area contributed by atoms with Crippen LogP contribution in [0.3, 0.4) is 0 Å². The molecule has 0 atom stereocenters. The average Bonchev–Trinajstić information content (AvgIpc) is 2.92. The molecule has 126 valence electrons. The van der Waals surface area contributed by atoms with E-state index in [4.69, 9.17) is 0 Å². The second-order valence-electron chi connectivity index (χ2n) is 5.04. The largest absolute Gasteiger partial charge is 0.357 e. The van der Waals surface area contributed by atoms with Gasteiger partial charge >= 0.3 is 0 Å². The number of hydrogen-bond donors (Lipinski definition) is 1. The maximum Gasteiger partial charge on any atom is 0.194 e. The smallest absolute Gasteiger partial charge is 0.194 e. The Hall–Kier alpha value is -0.830. The number of unbranched alkanes of at least 4 members (excludes halogenated alkanes) is 1. The van der Waals surface area contributed by atoms with Crippen LogP contribution in [0.4, 0.5) is 5.13 Å². The summed E-state index contributed by atoms with van der Waals surface area (Å²) in [6, 6.07) is 0. The van der Waals surface area contributed by atoms with Crippen molar-refractivity contribution in [3.05, 3.63) is 23.7 Å². The van der Waals surface area contributed by atoms with E-state index in [-0.39, 0.29) is 24.0 Å². The molecule has 0 saturated heterocycles. The Morgan fingerprint density at radius 1 is 1.45 bits per heavy atom. The lowest BCUT2D eigenvalue weighted by Gasteiger charge is -2.21. The Morgan fingerprint density at radius 3 is 2.73 bits per heavy atom. The van der Waals surface area contributed by atoms with Crippen molar-refractivity contribution in [1.82, 2.24) is 15.2 Å². The fourth-order valence-corrected chi connectivity index (χ4v) is 2.53. The van der Waals surface area contributed by atoms with Gasteiger partial charge in [-0.3, -0.25) is 0 Å². The number of nitrogens with zero attached hydrogens (tertiary/aromatic N) is 4. The second-order valence-corrected chi connectivity index (χ2v) is 5.88. The van der Waals surface area contributed by atoms with Crippen molar-refractivity contribution in [3.8, 4) is 0 Å². The molecule has 1 N–H and O–H groups in total. The van der Waals surface area contributed by atoms with Gasteiger partial charge in [-0.15, -0.1) is 41.9 Å². The molecule has 0 saturated carbocycles. The van der Waals surface area contributed by atoms with Gasteiger partial charge in [0.05, 0.1) is 12.2 Å². The first-order chi connectivity index (χ1) is 10.1. The number of guanidine groups is 1. The predicted octanol–water partition coefficient (Wildman–Crippen LogP) is 3.19. The summed E-state index contributed by atoms with van der Waals surface area (Å²) >= 11 is 1.65. The van der Waals surface area contributed by atoms with Gasteiger partial charge in [0.1, 0.15) is 0 Å². The van der Waals surface area contributed by atoms with Crippen molar-refractivity contribution < 1.29 is 0 Å². The summed E-state index contributed by atoms with van der Waals surface area (Å²) in [5, 5.41) is 6.41. The standard InChI is InChI=1S/C15H27N5S.HI/c1-6-8-9-10-20(5)14(16-7-2)17-11-13-12-21-15(18-13)19(3)4;/h6,12H,1,7-11H2,2-5H3,(H,16,17);1H. The van der Waals surface area contributed by atoms with Gasteiger partial charge in [0.2, 0.25) is 0 Å².